The summed E-state index contributed by atoms with van der Waals surface area (Å²) in [6, 6.07) is 17.3. The van der Waals surface area contributed by atoms with Gasteiger partial charge in [-0.15, -0.1) is 24.8 Å². The van der Waals surface area contributed by atoms with Gasteiger partial charge < -0.3 is 15.2 Å². The topological polar surface area (TPSA) is 31.1 Å². The molecule has 0 amide bonds. The Kier molecular flexibility index (Phi) is 8.30. The number of aryl methyl sites for hydroxylation is 1. The number of rotatable bonds is 6. The molecule has 0 fully saturated rings. The second-order valence-corrected chi connectivity index (χ2v) is 6.26. The summed E-state index contributed by atoms with van der Waals surface area (Å²) in [5, 5.41) is 4.90. The molecule has 0 bridgehead atoms. The highest BCUT2D eigenvalue weighted by Gasteiger charge is 2.07. The molecule has 0 spiro atoms. The maximum absolute atomic E-state index is 3.55. The van der Waals surface area contributed by atoms with Gasteiger partial charge in [0.05, 0.1) is 0 Å². The van der Waals surface area contributed by atoms with E-state index in [1.165, 1.54) is 33.4 Å². The highest BCUT2D eigenvalue weighted by atomic mass is 35.5. The van der Waals surface area contributed by atoms with Crippen molar-refractivity contribution >= 4 is 41.4 Å². The summed E-state index contributed by atoms with van der Waals surface area (Å²) in [6.07, 6.45) is 1.05. The summed E-state index contributed by atoms with van der Waals surface area (Å²) in [5.41, 5.74) is 6.51. The lowest BCUT2D eigenvalue weighted by atomic mass is 10.1. The minimum atomic E-state index is 0. The third kappa shape index (κ3) is 5.15. The fraction of sp³-hybridized carbons (Fsp3) is 0.300. The molecule has 0 aliphatic heterocycles. The zero-order valence-electron chi connectivity index (χ0n) is 15.0. The minimum absolute atomic E-state index is 0. The Labute approximate surface area is 162 Å². The largest absolute Gasteiger partial charge is 0.378 e. The Morgan fingerprint density at radius 3 is 2.32 bits per heavy atom. The van der Waals surface area contributed by atoms with Gasteiger partial charge in [-0.05, 0) is 49.2 Å². The molecule has 3 nitrogen and oxygen atoms in total. The predicted octanol–water partition coefficient (Wildman–Crippen LogP) is 4.72. The number of fused-ring (bicyclic) bond motifs is 1. The maximum Gasteiger partial charge on any atom is 0.0458 e. The van der Waals surface area contributed by atoms with Crippen LogP contribution in [-0.2, 0) is 13.0 Å². The summed E-state index contributed by atoms with van der Waals surface area (Å²) in [7, 11) is 4.13. The zero-order chi connectivity index (χ0) is 16.2. The molecule has 0 atom stereocenters. The summed E-state index contributed by atoms with van der Waals surface area (Å²) >= 11 is 0. The number of benzene rings is 2. The number of nitrogens with zero attached hydrogens (tertiary/aromatic N) is 1. The van der Waals surface area contributed by atoms with Gasteiger partial charge in [-0.3, -0.25) is 0 Å². The number of hydrogen-bond donors (Lipinski definition) is 2. The van der Waals surface area contributed by atoms with Crippen LogP contribution in [0.15, 0.2) is 48.5 Å². The van der Waals surface area contributed by atoms with Crippen LogP contribution in [-0.4, -0.2) is 25.6 Å². The number of H-pyrrole nitrogens is 1. The normalized spacial score (nSPS) is 10.2. The summed E-state index contributed by atoms with van der Waals surface area (Å²) in [5.74, 6) is 0. The van der Waals surface area contributed by atoms with Crippen LogP contribution in [0.3, 0.4) is 0 Å². The average Bonchev–Trinajstić information content (AvgIpc) is 2.87. The molecule has 0 unspecified atom stereocenters. The molecule has 25 heavy (non-hydrogen) atoms. The molecular formula is C20H27Cl2N3. The van der Waals surface area contributed by atoms with E-state index in [2.05, 4.69) is 84.8 Å². The maximum atomic E-state index is 3.55. The molecule has 2 aromatic carbocycles. The number of nitrogens with one attached hydrogen (secondary N) is 2. The van der Waals surface area contributed by atoms with Gasteiger partial charge in [0.2, 0.25) is 0 Å². The van der Waals surface area contributed by atoms with Crippen molar-refractivity contribution in [2.75, 3.05) is 25.5 Å². The molecule has 2 N–H and O–H groups in total. The molecule has 0 aliphatic carbocycles. The third-order valence-corrected chi connectivity index (χ3v) is 4.36. The molecule has 1 heterocycles. The van der Waals surface area contributed by atoms with Crippen molar-refractivity contribution in [2.24, 2.45) is 0 Å². The smallest absolute Gasteiger partial charge is 0.0458 e. The molecule has 3 rings (SSSR count). The van der Waals surface area contributed by atoms with Crippen molar-refractivity contribution in [3.63, 3.8) is 0 Å². The van der Waals surface area contributed by atoms with Crippen LogP contribution in [0.2, 0.25) is 0 Å². The number of para-hydroxylation sites is 1. The van der Waals surface area contributed by atoms with Crippen LogP contribution in [0, 0.1) is 6.92 Å². The molecule has 136 valence electrons. The quantitative estimate of drug-likeness (QED) is 0.607. The Bertz CT molecular complexity index is 779. The highest BCUT2D eigenvalue weighted by Crippen LogP contribution is 2.22. The molecular weight excluding hydrogens is 353 g/mol. The summed E-state index contributed by atoms with van der Waals surface area (Å²) < 4.78 is 0. The van der Waals surface area contributed by atoms with E-state index in [-0.39, 0.29) is 24.8 Å². The van der Waals surface area contributed by atoms with Crippen LogP contribution in [0.5, 0.6) is 0 Å². The van der Waals surface area contributed by atoms with E-state index < -0.39 is 0 Å². The number of aromatic nitrogens is 1. The van der Waals surface area contributed by atoms with Gasteiger partial charge in [-0.1, -0.05) is 30.3 Å². The van der Waals surface area contributed by atoms with Gasteiger partial charge in [0.15, 0.2) is 0 Å². The second-order valence-electron chi connectivity index (χ2n) is 6.26. The molecule has 5 heteroatoms. The zero-order valence-corrected chi connectivity index (χ0v) is 16.6. The monoisotopic (exact) mass is 379 g/mol. The van der Waals surface area contributed by atoms with Crippen molar-refractivity contribution in [3.8, 4) is 0 Å². The lowest BCUT2D eigenvalue weighted by Gasteiger charge is -2.13. The van der Waals surface area contributed by atoms with Gasteiger partial charge in [-0.25, -0.2) is 0 Å². The van der Waals surface area contributed by atoms with Crippen molar-refractivity contribution in [1.82, 2.24) is 10.3 Å². The average molecular weight is 380 g/mol. The van der Waals surface area contributed by atoms with E-state index in [1.54, 1.807) is 0 Å². The first-order valence-corrected chi connectivity index (χ1v) is 8.18. The number of anilines is 1. The fourth-order valence-electron chi connectivity index (χ4n) is 3.01. The third-order valence-electron chi connectivity index (χ3n) is 4.36. The molecule has 0 aliphatic rings. The van der Waals surface area contributed by atoms with Crippen molar-refractivity contribution in [1.29, 1.82) is 0 Å². The Balaban J connectivity index is 0.00000156. The molecule has 0 radical (unpaired) electrons. The molecule has 1 aromatic heterocycles. The second kappa shape index (κ2) is 9.71. The van der Waals surface area contributed by atoms with Crippen molar-refractivity contribution in [2.45, 2.75) is 19.9 Å². The van der Waals surface area contributed by atoms with E-state index in [0.717, 1.165) is 19.5 Å². The number of hydrogen-bond acceptors (Lipinski definition) is 2. The fourth-order valence-corrected chi connectivity index (χ4v) is 3.01. The van der Waals surface area contributed by atoms with Gasteiger partial charge in [0, 0.05) is 42.9 Å². The van der Waals surface area contributed by atoms with Crippen LogP contribution < -0.4 is 10.2 Å². The Morgan fingerprint density at radius 2 is 1.64 bits per heavy atom. The van der Waals surface area contributed by atoms with E-state index in [4.69, 9.17) is 0 Å². The van der Waals surface area contributed by atoms with Crippen molar-refractivity contribution in [3.05, 3.63) is 65.4 Å². The first kappa shape index (κ1) is 21.4. The Morgan fingerprint density at radius 1 is 0.960 bits per heavy atom. The minimum Gasteiger partial charge on any atom is -0.378 e. The van der Waals surface area contributed by atoms with E-state index in [0.29, 0.717) is 0 Å². The lowest BCUT2D eigenvalue weighted by Crippen LogP contribution is -2.17. The van der Waals surface area contributed by atoms with Crippen LogP contribution >= 0.6 is 24.8 Å². The lowest BCUT2D eigenvalue weighted by molar-refractivity contribution is 0.687. The van der Waals surface area contributed by atoms with Gasteiger partial charge in [-0.2, -0.15) is 0 Å². The van der Waals surface area contributed by atoms with Crippen LogP contribution in [0.1, 0.15) is 16.8 Å². The van der Waals surface area contributed by atoms with Crippen molar-refractivity contribution < 1.29 is 0 Å². The van der Waals surface area contributed by atoms with Gasteiger partial charge in [0.1, 0.15) is 0 Å². The first-order valence-electron chi connectivity index (χ1n) is 8.18. The summed E-state index contributed by atoms with van der Waals surface area (Å²) in [4.78, 5) is 5.59. The standard InChI is InChI=1S/C20H25N3.2ClH/c1-15-18(19-6-4-5-7-20(19)22-15)12-13-21-14-16-8-10-17(11-9-16)23(2)3;;/h4-11,21-22H,12-14H2,1-3H3;2*1H. The highest BCUT2D eigenvalue weighted by molar-refractivity contribution is 5.86. The van der Waals surface area contributed by atoms with E-state index in [9.17, 15) is 0 Å². The first-order chi connectivity index (χ1) is 11.1. The van der Waals surface area contributed by atoms with Gasteiger partial charge in [0.25, 0.3) is 0 Å². The van der Waals surface area contributed by atoms with Crippen LogP contribution in [0.4, 0.5) is 5.69 Å². The van der Waals surface area contributed by atoms with E-state index >= 15 is 0 Å². The number of aromatic amines is 1. The molecule has 0 saturated heterocycles. The molecule has 0 saturated carbocycles. The Hall–Kier alpha value is -1.68. The number of halogens is 2. The van der Waals surface area contributed by atoms with E-state index in [1.807, 2.05) is 0 Å². The predicted molar refractivity (Wildman–Crippen MR) is 114 cm³/mol. The molecule has 3 aromatic rings. The SMILES string of the molecule is Cc1[nH]c2ccccc2c1CCNCc1ccc(N(C)C)cc1.Cl.Cl. The van der Waals surface area contributed by atoms with Gasteiger partial charge >= 0.3 is 0 Å². The van der Waals surface area contributed by atoms with Crippen LogP contribution in [0.25, 0.3) is 10.9 Å². The summed E-state index contributed by atoms with van der Waals surface area (Å²) in [6.45, 7) is 4.06.